The maximum absolute atomic E-state index is 12.7. The molecule has 0 saturated carbocycles. The van der Waals surface area contributed by atoms with Crippen LogP contribution in [0, 0.1) is 0 Å². The Bertz CT molecular complexity index is 971. The van der Waals surface area contributed by atoms with E-state index in [1.807, 2.05) is 13.0 Å². The van der Waals surface area contributed by atoms with Crippen LogP contribution in [0.2, 0.25) is 0 Å². The zero-order chi connectivity index (χ0) is 21.6. The van der Waals surface area contributed by atoms with Crippen molar-refractivity contribution in [3.05, 3.63) is 54.0 Å². The minimum Gasteiger partial charge on any atom is -0.467 e. The highest BCUT2D eigenvalue weighted by Gasteiger charge is 2.34. The Morgan fingerprint density at radius 2 is 2.03 bits per heavy atom. The third kappa shape index (κ3) is 5.63. The third-order valence-electron chi connectivity index (χ3n) is 4.94. The van der Waals surface area contributed by atoms with E-state index in [9.17, 15) is 18.0 Å². The second-order valence-corrected chi connectivity index (χ2v) is 9.43. The van der Waals surface area contributed by atoms with Crippen LogP contribution >= 0.6 is 0 Å². The Morgan fingerprint density at radius 3 is 2.70 bits per heavy atom. The second-order valence-electron chi connectivity index (χ2n) is 7.20. The van der Waals surface area contributed by atoms with E-state index >= 15 is 0 Å². The molecule has 30 heavy (non-hydrogen) atoms. The molecule has 1 aromatic heterocycles. The maximum Gasteiger partial charge on any atom is 0.340 e. The highest BCUT2D eigenvalue weighted by molar-refractivity contribution is 7.91. The van der Waals surface area contributed by atoms with Gasteiger partial charge in [-0.15, -0.1) is 0 Å². The number of hydrogen-bond donors (Lipinski definition) is 1. The van der Waals surface area contributed by atoms with Crippen molar-refractivity contribution < 1.29 is 27.2 Å². The topological polar surface area (TPSA) is 106 Å². The van der Waals surface area contributed by atoms with Crippen molar-refractivity contribution in [1.82, 2.24) is 4.90 Å². The van der Waals surface area contributed by atoms with Crippen molar-refractivity contribution in [2.45, 2.75) is 32.4 Å². The number of rotatable bonds is 9. The smallest absolute Gasteiger partial charge is 0.340 e. The predicted molar refractivity (Wildman–Crippen MR) is 112 cm³/mol. The number of furan rings is 1. The molecule has 1 amide bonds. The molecule has 1 atom stereocenters. The summed E-state index contributed by atoms with van der Waals surface area (Å²) < 4.78 is 34.1. The summed E-state index contributed by atoms with van der Waals surface area (Å²) in [5, 5.41) is 3.12. The Morgan fingerprint density at radius 1 is 1.23 bits per heavy atom. The first-order valence-corrected chi connectivity index (χ1v) is 11.7. The Hall–Kier alpha value is -2.81. The minimum absolute atomic E-state index is 0.0355. The monoisotopic (exact) mass is 434 g/mol. The van der Waals surface area contributed by atoms with E-state index in [0.717, 1.165) is 5.76 Å². The average Bonchev–Trinajstić information content (AvgIpc) is 3.37. The molecule has 0 bridgehead atoms. The molecule has 1 aromatic carbocycles. The molecule has 2 heterocycles. The van der Waals surface area contributed by atoms with Gasteiger partial charge in [0.15, 0.2) is 16.4 Å². The number of carbonyl (C=O) groups excluding carboxylic acids is 2. The van der Waals surface area contributed by atoms with E-state index in [1.54, 1.807) is 36.6 Å². The summed E-state index contributed by atoms with van der Waals surface area (Å²) in [7, 11) is -3.11. The molecule has 0 aliphatic carbocycles. The fourth-order valence-corrected chi connectivity index (χ4v) is 5.20. The minimum atomic E-state index is -3.11. The van der Waals surface area contributed by atoms with Crippen LogP contribution in [0.4, 0.5) is 5.69 Å². The molecule has 2 aromatic rings. The van der Waals surface area contributed by atoms with Gasteiger partial charge in [-0.2, -0.15) is 0 Å². The number of para-hydroxylation sites is 1. The molecule has 1 aliphatic heterocycles. The number of sulfone groups is 1. The Balaban J connectivity index is 1.61. The Kier molecular flexibility index (Phi) is 7.15. The van der Waals surface area contributed by atoms with Crippen LogP contribution in [0.1, 0.15) is 35.9 Å². The van der Waals surface area contributed by atoms with Gasteiger partial charge < -0.3 is 19.4 Å². The van der Waals surface area contributed by atoms with Crippen molar-refractivity contribution in [2.24, 2.45) is 0 Å². The number of nitrogens with zero attached hydrogens (tertiary/aromatic N) is 1. The maximum atomic E-state index is 12.7. The molecule has 0 spiro atoms. The van der Waals surface area contributed by atoms with Gasteiger partial charge in [-0.25, -0.2) is 13.2 Å². The van der Waals surface area contributed by atoms with Gasteiger partial charge in [0.1, 0.15) is 5.76 Å². The molecule has 1 N–H and O–H groups in total. The number of carbonyl (C=O) groups is 2. The summed E-state index contributed by atoms with van der Waals surface area (Å²) in [6, 6.07) is 10.1. The summed E-state index contributed by atoms with van der Waals surface area (Å²) in [6.45, 7) is 2.31. The van der Waals surface area contributed by atoms with Gasteiger partial charge in [0.2, 0.25) is 0 Å². The van der Waals surface area contributed by atoms with E-state index in [4.69, 9.17) is 9.15 Å². The summed E-state index contributed by atoms with van der Waals surface area (Å²) in [5.74, 6) is -0.240. The quantitative estimate of drug-likeness (QED) is 0.604. The molecule has 162 valence electrons. The van der Waals surface area contributed by atoms with E-state index < -0.39 is 22.4 Å². The molecule has 0 unspecified atom stereocenters. The zero-order valence-electron chi connectivity index (χ0n) is 16.9. The van der Waals surface area contributed by atoms with E-state index in [1.165, 1.54) is 4.90 Å². The normalized spacial score (nSPS) is 17.4. The second kappa shape index (κ2) is 9.80. The van der Waals surface area contributed by atoms with Crippen molar-refractivity contribution in [2.75, 3.05) is 30.0 Å². The van der Waals surface area contributed by atoms with Crippen molar-refractivity contribution in [3.63, 3.8) is 0 Å². The van der Waals surface area contributed by atoms with Crippen molar-refractivity contribution in [1.29, 1.82) is 0 Å². The summed E-state index contributed by atoms with van der Waals surface area (Å²) >= 11 is 0. The number of hydrogen-bond acceptors (Lipinski definition) is 7. The molecule has 1 fully saturated rings. The molecule has 1 saturated heterocycles. The molecular weight excluding hydrogens is 408 g/mol. The van der Waals surface area contributed by atoms with Crippen LogP contribution in [0.15, 0.2) is 47.1 Å². The third-order valence-corrected chi connectivity index (χ3v) is 6.69. The van der Waals surface area contributed by atoms with Gasteiger partial charge in [0, 0.05) is 18.3 Å². The summed E-state index contributed by atoms with van der Waals surface area (Å²) in [6.07, 6.45) is 2.68. The SMILES string of the molecule is CCCN(C(=O)COC(=O)c1ccccc1NCc1ccco1)[C@H]1CCS(=O)(=O)C1. The fraction of sp³-hybridized carbons (Fsp3) is 0.429. The standard InChI is InChI=1S/C21H26N2O6S/c1-2-10-23(16-9-12-30(26,27)15-16)20(24)14-29-21(25)18-7-3-4-8-19(18)22-13-17-6-5-11-28-17/h3-8,11,16,22H,2,9-10,12-15H2,1H3/t16-/m0/s1. The zero-order valence-corrected chi connectivity index (χ0v) is 17.7. The van der Waals surface area contributed by atoms with Gasteiger partial charge in [0.25, 0.3) is 5.91 Å². The molecule has 3 rings (SSSR count). The number of amides is 1. The summed E-state index contributed by atoms with van der Waals surface area (Å²) in [5.41, 5.74) is 0.876. The lowest BCUT2D eigenvalue weighted by atomic mass is 10.1. The van der Waals surface area contributed by atoms with Crippen LogP contribution in [-0.4, -0.2) is 55.9 Å². The van der Waals surface area contributed by atoms with Crippen LogP contribution in [0.25, 0.3) is 0 Å². The van der Waals surface area contributed by atoms with Gasteiger partial charge in [-0.3, -0.25) is 4.79 Å². The van der Waals surface area contributed by atoms with Crippen LogP contribution in [-0.2, 0) is 25.9 Å². The highest BCUT2D eigenvalue weighted by atomic mass is 32.2. The van der Waals surface area contributed by atoms with Crippen LogP contribution in [0.5, 0.6) is 0 Å². The van der Waals surface area contributed by atoms with E-state index in [0.29, 0.717) is 37.2 Å². The average molecular weight is 435 g/mol. The first-order valence-electron chi connectivity index (χ1n) is 9.92. The number of benzene rings is 1. The first-order chi connectivity index (χ1) is 14.4. The largest absolute Gasteiger partial charge is 0.467 e. The summed E-state index contributed by atoms with van der Waals surface area (Å²) in [4.78, 5) is 26.8. The first kappa shape index (κ1) is 21.9. The van der Waals surface area contributed by atoms with E-state index in [-0.39, 0.29) is 23.5 Å². The van der Waals surface area contributed by atoms with Gasteiger partial charge in [0.05, 0.1) is 29.9 Å². The lowest BCUT2D eigenvalue weighted by molar-refractivity contribution is -0.136. The van der Waals surface area contributed by atoms with Crippen molar-refractivity contribution in [3.8, 4) is 0 Å². The highest BCUT2D eigenvalue weighted by Crippen LogP contribution is 2.20. The molecule has 1 aliphatic rings. The van der Waals surface area contributed by atoms with Gasteiger partial charge in [-0.05, 0) is 37.1 Å². The lowest BCUT2D eigenvalue weighted by Crippen LogP contribution is -2.43. The molecular formula is C21H26N2O6S. The number of anilines is 1. The van der Waals surface area contributed by atoms with Gasteiger partial charge >= 0.3 is 5.97 Å². The predicted octanol–water partition coefficient (Wildman–Crippen LogP) is 2.47. The van der Waals surface area contributed by atoms with Gasteiger partial charge in [-0.1, -0.05) is 19.1 Å². The lowest BCUT2D eigenvalue weighted by Gasteiger charge is -2.27. The molecule has 8 nitrogen and oxygen atoms in total. The van der Waals surface area contributed by atoms with Crippen LogP contribution in [0.3, 0.4) is 0 Å². The number of ether oxygens (including phenoxy) is 1. The number of nitrogens with one attached hydrogen (secondary N) is 1. The van der Waals surface area contributed by atoms with E-state index in [2.05, 4.69) is 5.32 Å². The Labute approximate surface area is 176 Å². The fourth-order valence-electron chi connectivity index (χ4n) is 3.47. The van der Waals surface area contributed by atoms with Crippen molar-refractivity contribution >= 4 is 27.4 Å². The molecule has 9 heteroatoms. The number of esters is 1. The van der Waals surface area contributed by atoms with Crippen LogP contribution < -0.4 is 5.32 Å². The molecule has 0 radical (unpaired) electrons.